The molecule has 4 rings (SSSR count). The molecule has 1 aromatic heterocycles. The van der Waals surface area contributed by atoms with Crippen molar-refractivity contribution in [3.8, 4) is 11.5 Å². The minimum Gasteiger partial charge on any atom is -0.486 e. The van der Waals surface area contributed by atoms with Gasteiger partial charge in [0.05, 0.1) is 11.1 Å². The third-order valence-electron chi connectivity index (χ3n) is 5.72. The van der Waals surface area contributed by atoms with Crippen molar-refractivity contribution >= 4 is 5.82 Å². The lowest BCUT2D eigenvalue weighted by atomic mass is 9.99. The predicted octanol–water partition coefficient (Wildman–Crippen LogP) is 4.95. The van der Waals surface area contributed by atoms with Crippen LogP contribution in [0.2, 0.25) is 0 Å². The van der Waals surface area contributed by atoms with Crippen molar-refractivity contribution < 1.29 is 35.9 Å². The Morgan fingerprint density at radius 3 is 2.00 bits per heavy atom. The maximum Gasteiger partial charge on any atom is 0.417 e. The Kier molecular flexibility index (Phi) is 5.40. The second kappa shape index (κ2) is 7.77. The number of hydrogen-bond donors (Lipinski definition) is 1. The topological polar surface area (TPSA) is 60.6 Å². The van der Waals surface area contributed by atoms with Gasteiger partial charge in [0.2, 0.25) is 0 Å². The Balaban J connectivity index is 1.47. The summed E-state index contributed by atoms with van der Waals surface area (Å²) >= 11 is 0. The maximum atomic E-state index is 12.9. The molecule has 2 bridgehead atoms. The second-order valence-corrected chi connectivity index (χ2v) is 7.68. The third kappa shape index (κ3) is 4.36. The van der Waals surface area contributed by atoms with Crippen molar-refractivity contribution in [1.82, 2.24) is 4.98 Å². The fourth-order valence-electron chi connectivity index (χ4n) is 4.36. The molecule has 0 spiro atoms. The van der Waals surface area contributed by atoms with Gasteiger partial charge in [-0.3, -0.25) is 0 Å². The van der Waals surface area contributed by atoms with Crippen molar-refractivity contribution in [1.29, 1.82) is 0 Å². The van der Waals surface area contributed by atoms with E-state index in [1.165, 1.54) is 12.1 Å². The molecule has 3 heterocycles. The van der Waals surface area contributed by atoms with Crippen LogP contribution in [-0.2, 0) is 12.4 Å². The van der Waals surface area contributed by atoms with Crippen LogP contribution in [0.4, 0.5) is 32.2 Å². The highest BCUT2D eigenvalue weighted by Gasteiger charge is 2.43. The van der Waals surface area contributed by atoms with E-state index in [-0.39, 0.29) is 29.7 Å². The summed E-state index contributed by atoms with van der Waals surface area (Å²) in [7, 11) is 0. The summed E-state index contributed by atoms with van der Waals surface area (Å²) in [4.78, 5) is 10.6. The first-order valence-electron chi connectivity index (χ1n) is 9.62. The monoisotopic (exact) mass is 447 g/mol. The number of piperidine rings is 1. The number of halogens is 6. The van der Waals surface area contributed by atoms with E-state index >= 15 is 0 Å². The van der Waals surface area contributed by atoms with Crippen LogP contribution in [0, 0.1) is 0 Å². The first-order chi connectivity index (χ1) is 14.6. The molecule has 2 saturated heterocycles. The van der Waals surface area contributed by atoms with Crippen LogP contribution < -0.4 is 20.4 Å². The summed E-state index contributed by atoms with van der Waals surface area (Å²) in [5.41, 5.74) is -1.71. The van der Waals surface area contributed by atoms with Gasteiger partial charge in [0.1, 0.15) is 11.9 Å². The van der Waals surface area contributed by atoms with Crippen LogP contribution in [0.25, 0.3) is 0 Å². The van der Waals surface area contributed by atoms with Gasteiger partial charge in [0, 0.05) is 31.1 Å². The molecular weight excluding hydrogens is 428 g/mol. The molecule has 5 nitrogen and oxygen atoms in total. The van der Waals surface area contributed by atoms with Gasteiger partial charge in [0.25, 0.3) is 0 Å². The number of aromatic nitrogens is 1. The molecule has 0 amide bonds. The quantitative estimate of drug-likeness (QED) is 0.531. The molecular formula is C20H19F6N3O2. The fourth-order valence-corrected chi connectivity index (χ4v) is 4.36. The molecule has 2 N–H and O–H groups in total. The van der Waals surface area contributed by atoms with Gasteiger partial charge in [-0.15, -0.1) is 0 Å². The minimum atomic E-state index is -4.54. The van der Waals surface area contributed by atoms with Crippen LogP contribution >= 0.6 is 0 Å². The van der Waals surface area contributed by atoms with Crippen LogP contribution in [0.5, 0.6) is 11.5 Å². The zero-order chi connectivity index (χ0) is 22.4. The maximum absolute atomic E-state index is 12.9. The van der Waals surface area contributed by atoms with E-state index in [2.05, 4.69) is 9.82 Å². The molecule has 0 saturated carbocycles. The van der Waals surface area contributed by atoms with Crippen molar-refractivity contribution in [2.45, 2.75) is 56.2 Å². The lowest BCUT2D eigenvalue weighted by Gasteiger charge is -2.39. The highest BCUT2D eigenvalue weighted by molar-refractivity contribution is 5.46. The molecule has 2 aromatic rings. The zero-order valence-electron chi connectivity index (χ0n) is 16.1. The number of rotatable bonds is 4. The Morgan fingerprint density at radius 2 is 1.48 bits per heavy atom. The number of pyridine rings is 1. The van der Waals surface area contributed by atoms with Crippen LogP contribution in [0.15, 0.2) is 36.5 Å². The third-order valence-corrected chi connectivity index (χ3v) is 5.72. The number of nitrogens with two attached hydrogens (primary N) is 1. The summed E-state index contributed by atoms with van der Waals surface area (Å²) in [5.74, 6) is 5.50. The van der Waals surface area contributed by atoms with E-state index in [4.69, 9.17) is 10.6 Å². The van der Waals surface area contributed by atoms with E-state index in [1.807, 2.05) is 4.90 Å². The van der Waals surface area contributed by atoms with Gasteiger partial charge in [-0.2, -0.15) is 32.2 Å². The summed E-state index contributed by atoms with van der Waals surface area (Å²) in [6.45, 7) is 0. The summed E-state index contributed by atoms with van der Waals surface area (Å²) in [5, 5.41) is 0. The first-order valence-corrected chi connectivity index (χ1v) is 9.62. The molecule has 168 valence electrons. The number of ether oxygens (including phenoxy) is 1. The fraction of sp³-hybridized carbons (Fsp3) is 0.450. The number of alkyl halides is 6. The smallest absolute Gasteiger partial charge is 0.417 e. The van der Waals surface area contributed by atoms with Gasteiger partial charge in [-0.25, -0.2) is 4.98 Å². The van der Waals surface area contributed by atoms with Crippen molar-refractivity contribution in [3.05, 3.63) is 47.7 Å². The lowest BCUT2D eigenvalue weighted by Crippen LogP contribution is -2.46. The predicted molar refractivity (Wildman–Crippen MR) is 98.4 cm³/mol. The van der Waals surface area contributed by atoms with E-state index in [9.17, 15) is 26.3 Å². The zero-order valence-corrected chi connectivity index (χ0v) is 16.1. The van der Waals surface area contributed by atoms with Gasteiger partial charge < -0.3 is 14.5 Å². The van der Waals surface area contributed by atoms with Crippen molar-refractivity contribution in [2.75, 3.05) is 4.90 Å². The Bertz CT molecular complexity index is 918. The number of anilines is 1. The highest BCUT2D eigenvalue weighted by atomic mass is 19.4. The average Bonchev–Trinajstić information content (AvgIpc) is 2.97. The van der Waals surface area contributed by atoms with E-state index < -0.39 is 23.5 Å². The molecule has 0 aliphatic carbocycles. The minimum absolute atomic E-state index is 0.00433. The highest BCUT2D eigenvalue weighted by Crippen LogP contribution is 2.42. The van der Waals surface area contributed by atoms with Gasteiger partial charge in [0.15, 0.2) is 11.5 Å². The number of nitrogens with zero attached hydrogens (tertiary/aromatic N) is 2. The Labute approximate surface area is 173 Å². The van der Waals surface area contributed by atoms with Gasteiger partial charge in [-0.05, 0) is 43.2 Å². The SMILES string of the molecule is NOc1cc(C(F)(F)F)ccc1OC1CC2CC[C@@H](C1)N2c1ccc(C(F)(F)F)cn1. The van der Waals surface area contributed by atoms with Crippen molar-refractivity contribution in [3.63, 3.8) is 0 Å². The first kappa shape index (κ1) is 21.5. The Morgan fingerprint density at radius 1 is 0.871 bits per heavy atom. The van der Waals surface area contributed by atoms with Crippen molar-refractivity contribution in [2.24, 2.45) is 5.90 Å². The molecule has 31 heavy (non-hydrogen) atoms. The molecule has 2 unspecified atom stereocenters. The second-order valence-electron chi connectivity index (χ2n) is 7.68. The number of hydrogen-bond acceptors (Lipinski definition) is 5. The van der Waals surface area contributed by atoms with Crippen LogP contribution in [0.3, 0.4) is 0 Å². The molecule has 2 aliphatic rings. The molecule has 3 atom stereocenters. The molecule has 11 heteroatoms. The number of benzene rings is 1. The normalized spacial score (nSPS) is 23.7. The molecule has 1 aromatic carbocycles. The van der Waals surface area contributed by atoms with E-state index in [1.54, 1.807) is 0 Å². The molecule has 2 aliphatic heterocycles. The molecule has 2 fully saturated rings. The summed E-state index contributed by atoms with van der Waals surface area (Å²) < 4.78 is 82.9. The van der Waals surface area contributed by atoms with Crippen LogP contribution in [-0.4, -0.2) is 23.2 Å². The standard InChI is InChI=1S/C20H19F6N3O2/c21-19(22,23)11-1-5-16(17(7-11)31-27)30-15-8-13-3-4-14(9-15)29(13)18-6-2-12(10-28-18)20(24,25)26/h1-2,5-7,10,13-15H,3-4,8-9,27H2/t13-,14?,15?/m0/s1. The van der Waals surface area contributed by atoms with Gasteiger partial charge in [-0.1, -0.05) is 0 Å². The van der Waals surface area contributed by atoms with Gasteiger partial charge >= 0.3 is 12.4 Å². The molecule has 0 radical (unpaired) electrons. The average molecular weight is 447 g/mol. The lowest BCUT2D eigenvalue weighted by molar-refractivity contribution is -0.138. The summed E-state index contributed by atoms with van der Waals surface area (Å²) in [6.07, 6.45) is -5.73. The summed E-state index contributed by atoms with van der Waals surface area (Å²) in [6, 6.07) is 5.24. The Hall–Kier alpha value is -2.69. The van der Waals surface area contributed by atoms with E-state index in [0.29, 0.717) is 18.7 Å². The van der Waals surface area contributed by atoms with E-state index in [0.717, 1.165) is 37.2 Å². The largest absolute Gasteiger partial charge is 0.486 e. The van der Waals surface area contributed by atoms with Crippen LogP contribution in [0.1, 0.15) is 36.8 Å². The number of fused-ring (bicyclic) bond motifs is 2.